The third kappa shape index (κ3) is 4.88. The average Bonchev–Trinajstić information content (AvgIpc) is 3.40. The predicted molar refractivity (Wildman–Crippen MR) is 137 cm³/mol. The first-order valence-corrected chi connectivity index (χ1v) is 12.7. The summed E-state index contributed by atoms with van der Waals surface area (Å²) in [5.41, 5.74) is 4.04. The largest absolute Gasteiger partial charge is 0.497 e. The van der Waals surface area contributed by atoms with Crippen molar-refractivity contribution in [1.82, 2.24) is 5.32 Å². The molecule has 1 fully saturated rings. The molecule has 1 saturated carbocycles. The number of Topliss-reactive ketones (excluding diaryl/α,β-unsaturated/α-hetero) is 1. The van der Waals surface area contributed by atoms with Crippen LogP contribution in [0.1, 0.15) is 68.4 Å². The van der Waals surface area contributed by atoms with Gasteiger partial charge in [0.05, 0.1) is 17.6 Å². The second-order valence-corrected chi connectivity index (χ2v) is 9.95. The van der Waals surface area contributed by atoms with Crippen molar-refractivity contribution in [3.05, 3.63) is 92.3 Å². The first kappa shape index (κ1) is 24.7. The van der Waals surface area contributed by atoms with E-state index in [1.807, 2.05) is 31.2 Å². The zero-order chi connectivity index (χ0) is 26.1. The van der Waals surface area contributed by atoms with Crippen LogP contribution in [0.5, 0.6) is 5.75 Å². The van der Waals surface area contributed by atoms with Crippen LogP contribution in [0.3, 0.4) is 0 Å². The van der Waals surface area contributed by atoms with Crippen LogP contribution in [-0.2, 0) is 14.3 Å². The summed E-state index contributed by atoms with van der Waals surface area (Å²) in [6.07, 6.45) is 4.52. The Labute approximate surface area is 215 Å². The first-order valence-electron chi connectivity index (χ1n) is 12.7. The Kier molecular flexibility index (Phi) is 6.82. The van der Waals surface area contributed by atoms with Crippen molar-refractivity contribution in [3.8, 4) is 5.75 Å². The summed E-state index contributed by atoms with van der Waals surface area (Å²) in [7, 11) is 1.62. The van der Waals surface area contributed by atoms with E-state index in [0.29, 0.717) is 35.2 Å². The molecule has 8 heteroatoms. The molecular weight excluding hydrogens is 472 g/mol. The van der Waals surface area contributed by atoms with E-state index in [1.165, 1.54) is 12.1 Å². The molecule has 1 N–H and O–H groups in total. The fourth-order valence-corrected chi connectivity index (χ4v) is 5.76. The van der Waals surface area contributed by atoms with E-state index in [2.05, 4.69) is 5.32 Å². The molecule has 8 nitrogen and oxygen atoms in total. The normalized spacial score (nSPS) is 21.9. The summed E-state index contributed by atoms with van der Waals surface area (Å²) in [4.78, 5) is 38.0. The van der Waals surface area contributed by atoms with E-state index in [9.17, 15) is 19.7 Å². The molecule has 0 radical (unpaired) electrons. The number of non-ortho nitro benzene ring substituents is 1. The van der Waals surface area contributed by atoms with Crippen LogP contribution in [0, 0.1) is 10.1 Å². The van der Waals surface area contributed by atoms with Gasteiger partial charge in [-0.3, -0.25) is 14.9 Å². The molecule has 0 amide bonds. The highest BCUT2D eigenvalue weighted by atomic mass is 16.6. The Morgan fingerprint density at radius 3 is 2.27 bits per heavy atom. The monoisotopic (exact) mass is 502 g/mol. The second kappa shape index (κ2) is 10.2. The molecule has 0 bridgehead atoms. The van der Waals surface area contributed by atoms with E-state index < -0.39 is 16.8 Å². The maximum Gasteiger partial charge on any atom is 0.337 e. The molecule has 192 valence electrons. The fourth-order valence-electron chi connectivity index (χ4n) is 5.76. The molecule has 37 heavy (non-hydrogen) atoms. The van der Waals surface area contributed by atoms with Gasteiger partial charge < -0.3 is 14.8 Å². The van der Waals surface area contributed by atoms with Gasteiger partial charge in [-0.1, -0.05) is 24.3 Å². The highest BCUT2D eigenvalue weighted by molar-refractivity contribution is 6.04. The third-order valence-corrected chi connectivity index (χ3v) is 7.65. The minimum Gasteiger partial charge on any atom is -0.497 e. The number of ketones is 1. The fraction of sp³-hybridized carbons (Fsp3) is 0.379. The van der Waals surface area contributed by atoms with Gasteiger partial charge in [0, 0.05) is 41.4 Å². The Morgan fingerprint density at radius 1 is 1.00 bits per heavy atom. The van der Waals surface area contributed by atoms with E-state index >= 15 is 0 Å². The van der Waals surface area contributed by atoms with Gasteiger partial charge in [0.15, 0.2) is 5.78 Å². The molecule has 2 aromatic rings. The summed E-state index contributed by atoms with van der Waals surface area (Å²) in [6.45, 7) is 1.83. The van der Waals surface area contributed by atoms with Crippen LogP contribution in [0.15, 0.2) is 71.1 Å². The Hall–Kier alpha value is -3.94. The topological polar surface area (TPSA) is 108 Å². The lowest BCUT2D eigenvalue weighted by Crippen LogP contribution is -2.36. The number of hydrogen-bond acceptors (Lipinski definition) is 7. The van der Waals surface area contributed by atoms with Crippen LogP contribution in [-0.4, -0.2) is 29.9 Å². The summed E-state index contributed by atoms with van der Waals surface area (Å²) >= 11 is 0. The Balaban J connectivity index is 1.53. The number of allylic oxidation sites excluding steroid dienone is 3. The maximum atomic E-state index is 13.7. The summed E-state index contributed by atoms with van der Waals surface area (Å²) in [6, 6.07) is 13.8. The maximum absolute atomic E-state index is 13.7. The number of dihydropyridines is 1. The van der Waals surface area contributed by atoms with Crippen LogP contribution in [0.4, 0.5) is 5.69 Å². The summed E-state index contributed by atoms with van der Waals surface area (Å²) in [5, 5.41) is 14.6. The number of ether oxygens (including phenoxy) is 2. The lowest BCUT2D eigenvalue weighted by molar-refractivity contribution is -0.384. The van der Waals surface area contributed by atoms with E-state index in [0.717, 1.165) is 42.7 Å². The van der Waals surface area contributed by atoms with Gasteiger partial charge in [0.1, 0.15) is 11.9 Å². The van der Waals surface area contributed by atoms with E-state index in [1.54, 1.807) is 19.2 Å². The number of nitro groups is 1. The van der Waals surface area contributed by atoms with Crippen molar-refractivity contribution >= 4 is 17.4 Å². The van der Waals surface area contributed by atoms with Crippen molar-refractivity contribution in [3.63, 3.8) is 0 Å². The number of rotatable bonds is 6. The van der Waals surface area contributed by atoms with Gasteiger partial charge in [-0.05, 0) is 68.2 Å². The van der Waals surface area contributed by atoms with E-state index in [4.69, 9.17) is 9.47 Å². The smallest absolute Gasteiger partial charge is 0.337 e. The van der Waals surface area contributed by atoms with Gasteiger partial charge in [0.25, 0.3) is 5.69 Å². The zero-order valence-corrected chi connectivity index (χ0v) is 21.0. The molecule has 2 aromatic carbocycles. The highest BCUT2D eigenvalue weighted by Crippen LogP contribution is 2.46. The number of nitrogens with one attached hydrogen (secondary N) is 1. The van der Waals surface area contributed by atoms with Gasteiger partial charge in [-0.25, -0.2) is 4.79 Å². The van der Waals surface area contributed by atoms with E-state index in [-0.39, 0.29) is 23.5 Å². The second-order valence-electron chi connectivity index (χ2n) is 9.95. The molecular formula is C29H30N2O6. The first-order chi connectivity index (χ1) is 17.9. The quantitative estimate of drug-likeness (QED) is 0.318. The zero-order valence-electron chi connectivity index (χ0n) is 21.0. The molecule has 2 aliphatic carbocycles. The van der Waals surface area contributed by atoms with Crippen molar-refractivity contribution < 1.29 is 24.0 Å². The number of benzene rings is 2. The van der Waals surface area contributed by atoms with Gasteiger partial charge in [-0.2, -0.15) is 0 Å². The third-order valence-electron chi connectivity index (χ3n) is 7.65. The summed E-state index contributed by atoms with van der Waals surface area (Å²) < 4.78 is 11.1. The van der Waals surface area contributed by atoms with Crippen molar-refractivity contribution in [2.24, 2.45) is 0 Å². The van der Waals surface area contributed by atoms with Gasteiger partial charge >= 0.3 is 5.97 Å². The number of esters is 1. The average molecular weight is 503 g/mol. The summed E-state index contributed by atoms with van der Waals surface area (Å²) in [5.74, 6) is -0.380. The molecule has 5 rings (SSSR count). The molecule has 1 aliphatic heterocycles. The van der Waals surface area contributed by atoms with Crippen molar-refractivity contribution in [2.75, 3.05) is 7.11 Å². The van der Waals surface area contributed by atoms with Crippen molar-refractivity contribution in [2.45, 2.75) is 63.4 Å². The van der Waals surface area contributed by atoms with Crippen LogP contribution < -0.4 is 10.1 Å². The molecule has 2 unspecified atom stereocenters. The Bertz CT molecular complexity index is 1290. The van der Waals surface area contributed by atoms with Gasteiger partial charge in [0.2, 0.25) is 0 Å². The molecule has 3 aliphatic rings. The standard InChI is InChI=1S/C29H30N2O6/c1-17-26(29(33)37-23-5-3-4-6-23)27(19-7-11-21(12-8-19)31(34)35)28-24(30-17)15-20(16-25(28)32)18-9-13-22(36-2)14-10-18/h7-14,20,23,27,30H,3-6,15-16H2,1-2H3. The number of carbonyl (C=O) groups is 2. The SMILES string of the molecule is COc1ccc(C2CC(=O)C3=C(C2)NC(C)=C(C(=O)OC2CCCC2)C3c2ccc([N+](=O)[O-])cc2)cc1. The lowest BCUT2D eigenvalue weighted by Gasteiger charge is -2.37. The van der Waals surface area contributed by atoms with Crippen LogP contribution in [0.2, 0.25) is 0 Å². The number of hydrogen-bond donors (Lipinski definition) is 1. The van der Waals surface area contributed by atoms with Crippen LogP contribution in [0.25, 0.3) is 0 Å². The molecule has 0 saturated heterocycles. The molecule has 0 aromatic heterocycles. The predicted octanol–water partition coefficient (Wildman–Crippen LogP) is 5.45. The minimum atomic E-state index is -0.643. The minimum absolute atomic E-state index is 0.0121. The molecule has 0 spiro atoms. The number of nitrogens with zero attached hydrogens (tertiary/aromatic N) is 1. The van der Waals surface area contributed by atoms with Gasteiger partial charge in [-0.15, -0.1) is 0 Å². The van der Waals surface area contributed by atoms with Crippen LogP contribution >= 0.6 is 0 Å². The number of methoxy groups -OCH3 is 1. The number of carbonyl (C=O) groups excluding carboxylic acids is 2. The van der Waals surface area contributed by atoms with Crippen molar-refractivity contribution in [1.29, 1.82) is 0 Å². The highest BCUT2D eigenvalue weighted by Gasteiger charge is 2.42. The molecule has 2 atom stereocenters. The molecule has 1 heterocycles. The Morgan fingerprint density at radius 2 is 1.65 bits per heavy atom. The lowest BCUT2D eigenvalue weighted by atomic mass is 9.71. The number of nitro benzene ring substituents is 1.